The zero-order valence-electron chi connectivity index (χ0n) is 14.5. The number of aromatic nitrogens is 2. The van der Waals surface area contributed by atoms with Crippen LogP contribution in [-0.4, -0.2) is 22.1 Å². The van der Waals surface area contributed by atoms with Crippen molar-refractivity contribution in [2.45, 2.75) is 26.3 Å². The minimum Gasteiger partial charge on any atom is -0.492 e. The third kappa shape index (κ3) is 2.83. The molecule has 0 aliphatic carbocycles. The Morgan fingerprint density at radius 1 is 1.27 bits per heavy atom. The first-order valence-electron chi connectivity index (χ1n) is 8.74. The van der Waals surface area contributed by atoms with Gasteiger partial charge in [-0.05, 0) is 43.7 Å². The van der Waals surface area contributed by atoms with E-state index in [0.717, 1.165) is 18.7 Å². The highest BCUT2D eigenvalue weighted by atomic mass is 16.5. The van der Waals surface area contributed by atoms with Gasteiger partial charge in [-0.1, -0.05) is 12.1 Å². The number of rotatable bonds is 4. The van der Waals surface area contributed by atoms with E-state index in [2.05, 4.69) is 10.3 Å². The van der Waals surface area contributed by atoms with Gasteiger partial charge in [0.2, 0.25) is 0 Å². The number of nitrogens with one attached hydrogen (secondary N) is 1. The molecule has 3 aromatic rings. The Bertz CT molecular complexity index is 1060. The predicted octanol–water partition coefficient (Wildman–Crippen LogP) is 2.99. The van der Waals surface area contributed by atoms with Crippen LogP contribution in [0.1, 0.15) is 29.5 Å². The summed E-state index contributed by atoms with van der Waals surface area (Å²) in [5.74, 6) is 1.15. The number of aryl methyl sites for hydroxylation is 1. The van der Waals surface area contributed by atoms with Crippen molar-refractivity contribution in [3.8, 4) is 5.75 Å². The fourth-order valence-corrected chi connectivity index (χ4v) is 3.27. The molecule has 1 aromatic heterocycles. The standard InChI is InChI=1S/C20H19N3O3/c1-2-26-17-7-4-3-6-15(17)22-19(24)13-9-10-14-16(12-13)21-18-8-5-11-23(18)20(14)25/h3-4,6-7,9-10,12H,2,5,8,11H2,1H3,(H,22,24). The van der Waals surface area contributed by atoms with Gasteiger partial charge < -0.3 is 10.1 Å². The van der Waals surface area contributed by atoms with Crippen molar-refractivity contribution in [1.82, 2.24) is 9.55 Å². The molecule has 1 N–H and O–H groups in total. The summed E-state index contributed by atoms with van der Waals surface area (Å²) in [4.78, 5) is 29.7. The molecule has 1 amide bonds. The number of anilines is 1. The zero-order chi connectivity index (χ0) is 18.1. The summed E-state index contributed by atoms with van der Waals surface area (Å²) in [6.45, 7) is 3.12. The molecule has 0 saturated carbocycles. The van der Waals surface area contributed by atoms with Crippen LogP contribution in [0.25, 0.3) is 10.9 Å². The number of carbonyl (C=O) groups is 1. The summed E-state index contributed by atoms with van der Waals surface area (Å²) in [7, 11) is 0. The van der Waals surface area contributed by atoms with Gasteiger partial charge in [-0.25, -0.2) is 4.98 Å². The molecule has 26 heavy (non-hydrogen) atoms. The van der Waals surface area contributed by atoms with Crippen molar-refractivity contribution >= 4 is 22.5 Å². The van der Waals surface area contributed by atoms with Gasteiger partial charge in [0, 0.05) is 18.5 Å². The van der Waals surface area contributed by atoms with Crippen LogP contribution in [0.4, 0.5) is 5.69 Å². The molecule has 6 heteroatoms. The summed E-state index contributed by atoms with van der Waals surface area (Å²) in [6.07, 6.45) is 1.73. The molecule has 0 radical (unpaired) electrons. The van der Waals surface area contributed by atoms with E-state index < -0.39 is 0 Å². The number of hydrogen-bond acceptors (Lipinski definition) is 4. The van der Waals surface area contributed by atoms with E-state index in [0.29, 0.717) is 41.1 Å². The smallest absolute Gasteiger partial charge is 0.261 e. The molecular formula is C20H19N3O3. The zero-order valence-corrected chi connectivity index (χ0v) is 14.5. The fraction of sp³-hybridized carbons (Fsp3) is 0.250. The summed E-state index contributed by atoms with van der Waals surface area (Å²) in [5, 5.41) is 3.41. The molecule has 4 rings (SSSR count). The molecule has 2 heterocycles. The Labute approximate surface area is 150 Å². The van der Waals surface area contributed by atoms with E-state index in [1.165, 1.54) is 0 Å². The molecule has 0 unspecified atom stereocenters. The number of carbonyl (C=O) groups excluding carboxylic acids is 1. The molecular weight excluding hydrogens is 330 g/mol. The molecule has 0 bridgehead atoms. The number of fused-ring (bicyclic) bond motifs is 2. The lowest BCUT2D eigenvalue weighted by atomic mass is 10.1. The van der Waals surface area contributed by atoms with Crippen LogP contribution in [0, 0.1) is 0 Å². The Morgan fingerprint density at radius 3 is 2.96 bits per heavy atom. The molecule has 0 saturated heterocycles. The predicted molar refractivity (Wildman–Crippen MR) is 99.9 cm³/mol. The number of amides is 1. The van der Waals surface area contributed by atoms with Crippen LogP contribution in [-0.2, 0) is 13.0 Å². The number of ether oxygens (including phenoxy) is 1. The van der Waals surface area contributed by atoms with E-state index in [1.807, 2.05) is 25.1 Å². The second-order valence-electron chi connectivity index (χ2n) is 6.20. The monoisotopic (exact) mass is 349 g/mol. The lowest BCUT2D eigenvalue weighted by Crippen LogP contribution is -2.21. The minimum atomic E-state index is -0.263. The van der Waals surface area contributed by atoms with E-state index in [4.69, 9.17) is 4.74 Å². The van der Waals surface area contributed by atoms with Gasteiger partial charge in [0.15, 0.2) is 0 Å². The molecule has 1 aliphatic rings. The highest BCUT2D eigenvalue weighted by Crippen LogP contribution is 2.24. The van der Waals surface area contributed by atoms with Gasteiger partial charge in [0.1, 0.15) is 11.6 Å². The highest BCUT2D eigenvalue weighted by molar-refractivity contribution is 6.06. The molecule has 0 spiro atoms. The topological polar surface area (TPSA) is 73.2 Å². The third-order valence-corrected chi connectivity index (χ3v) is 4.51. The maximum absolute atomic E-state index is 12.7. The third-order valence-electron chi connectivity index (χ3n) is 4.51. The molecule has 132 valence electrons. The van der Waals surface area contributed by atoms with E-state index in [-0.39, 0.29) is 11.5 Å². The molecule has 2 aromatic carbocycles. The average molecular weight is 349 g/mol. The average Bonchev–Trinajstić information content (AvgIpc) is 3.12. The second kappa shape index (κ2) is 6.63. The van der Waals surface area contributed by atoms with Gasteiger partial charge in [-0.2, -0.15) is 0 Å². The van der Waals surface area contributed by atoms with Crippen LogP contribution in [0.15, 0.2) is 47.3 Å². The van der Waals surface area contributed by atoms with Gasteiger partial charge in [-0.3, -0.25) is 14.2 Å². The molecule has 6 nitrogen and oxygen atoms in total. The highest BCUT2D eigenvalue weighted by Gasteiger charge is 2.17. The van der Waals surface area contributed by atoms with E-state index in [9.17, 15) is 9.59 Å². The van der Waals surface area contributed by atoms with E-state index in [1.54, 1.807) is 28.8 Å². The lowest BCUT2D eigenvalue weighted by Gasteiger charge is -2.11. The van der Waals surface area contributed by atoms with Crippen LogP contribution >= 0.6 is 0 Å². The van der Waals surface area contributed by atoms with Crippen molar-refractivity contribution in [3.05, 3.63) is 64.2 Å². The van der Waals surface area contributed by atoms with Crippen molar-refractivity contribution in [2.75, 3.05) is 11.9 Å². The van der Waals surface area contributed by atoms with Crippen LogP contribution in [0.2, 0.25) is 0 Å². The second-order valence-corrected chi connectivity index (χ2v) is 6.20. The van der Waals surface area contributed by atoms with Crippen molar-refractivity contribution in [3.63, 3.8) is 0 Å². The first-order chi connectivity index (χ1) is 12.7. The summed E-state index contributed by atoms with van der Waals surface area (Å²) in [6, 6.07) is 12.3. The van der Waals surface area contributed by atoms with Gasteiger partial charge >= 0.3 is 0 Å². The molecule has 0 atom stereocenters. The Balaban J connectivity index is 1.68. The van der Waals surface area contributed by atoms with Gasteiger partial charge in [0.25, 0.3) is 11.5 Å². The molecule has 0 fully saturated rings. The summed E-state index contributed by atoms with van der Waals surface area (Å²) in [5.41, 5.74) is 1.60. The first-order valence-corrected chi connectivity index (χ1v) is 8.74. The van der Waals surface area contributed by atoms with Gasteiger partial charge in [-0.15, -0.1) is 0 Å². The Hall–Kier alpha value is -3.15. The SMILES string of the molecule is CCOc1ccccc1NC(=O)c1ccc2c(=O)n3c(nc2c1)CCC3. The van der Waals surface area contributed by atoms with Crippen molar-refractivity contribution in [1.29, 1.82) is 0 Å². The number of nitrogens with zero attached hydrogens (tertiary/aromatic N) is 2. The van der Waals surface area contributed by atoms with Crippen molar-refractivity contribution < 1.29 is 9.53 Å². The lowest BCUT2D eigenvalue weighted by molar-refractivity contribution is 0.102. The van der Waals surface area contributed by atoms with Gasteiger partial charge in [0.05, 0.1) is 23.2 Å². The number of benzene rings is 2. The quantitative estimate of drug-likeness (QED) is 0.786. The van der Waals surface area contributed by atoms with E-state index >= 15 is 0 Å². The maximum Gasteiger partial charge on any atom is 0.261 e. The first kappa shape index (κ1) is 16.3. The summed E-state index contributed by atoms with van der Waals surface area (Å²) < 4.78 is 7.26. The van der Waals surface area contributed by atoms with Crippen molar-refractivity contribution in [2.24, 2.45) is 0 Å². The minimum absolute atomic E-state index is 0.0313. The van der Waals surface area contributed by atoms with Crippen LogP contribution in [0.3, 0.4) is 0 Å². The number of para-hydroxylation sites is 2. The molecule has 1 aliphatic heterocycles. The Kier molecular flexibility index (Phi) is 4.16. The Morgan fingerprint density at radius 2 is 2.12 bits per heavy atom. The summed E-state index contributed by atoms with van der Waals surface area (Å²) >= 11 is 0. The maximum atomic E-state index is 12.7. The van der Waals surface area contributed by atoms with Crippen LogP contribution < -0.4 is 15.6 Å². The number of hydrogen-bond donors (Lipinski definition) is 1. The normalized spacial score (nSPS) is 12.8. The largest absolute Gasteiger partial charge is 0.492 e. The fourth-order valence-electron chi connectivity index (χ4n) is 3.27. The van der Waals surface area contributed by atoms with Crippen LogP contribution in [0.5, 0.6) is 5.75 Å².